The van der Waals surface area contributed by atoms with Crippen molar-refractivity contribution in [3.8, 4) is 79.2 Å². The average Bonchev–Trinajstić information content (AvgIpc) is 3.69. The Bertz CT molecular complexity index is 3090. The number of rotatable bonds is 7. The molecule has 0 fully saturated rings. The third kappa shape index (κ3) is 6.22. The van der Waals surface area contributed by atoms with E-state index in [1.54, 1.807) is 0 Å². The summed E-state index contributed by atoms with van der Waals surface area (Å²) in [6.07, 6.45) is 0. The molecule has 0 aliphatic heterocycles. The number of imidazole rings is 1. The van der Waals surface area contributed by atoms with Gasteiger partial charge in [-0.25, -0.2) is 15.0 Å². The molecular weight excluding hydrogens is 695 g/mol. The average molecular weight is 728 g/mol. The number of benzene rings is 8. The van der Waals surface area contributed by atoms with Crippen molar-refractivity contribution in [3.63, 3.8) is 0 Å². The first-order chi connectivity index (χ1) is 28.2. The molecule has 266 valence electrons. The number of fused-ring (bicyclic) bond motifs is 2. The van der Waals surface area contributed by atoms with Crippen LogP contribution in [0, 0.1) is 11.3 Å². The smallest absolute Gasteiger partial charge is 0.160 e. The summed E-state index contributed by atoms with van der Waals surface area (Å²) in [5, 5.41) is 10.6. The van der Waals surface area contributed by atoms with Crippen LogP contribution in [0.4, 0.5) is 0 Å². The van der Waals surface area contributed by atoms with Gasteiger partial charge in [-0.05, 0) is 75.8 Å². The lowest BCUT2D eigenvalue weighted by atomic mass is 9.87. The predicted octanol–water partition coefficient (Wildman–Crippen LogP) is 12.8. The molecule has 8 aromatic carbocycles. The summed E-state index contributed by atoms with van der Waals surface area (Å²) in [5.74, 6) is 1.60. The summed E-state index contributed by atoms with van der Waals surface area (Å²) in [5.41, 5.74) is 15.0. The maximum Gasteiger partial charge on any atom is 0.160 e. The summed E-state index contributed by atoms with van der Waals surface area (Å²) >= 11 is 0. The van der Waals surface area contributed by atoms with Crippen molar-refractivity contribution in [2.75, 3.05) is 0 Å². The van der Waals surface area contributed by atoms with Crippen molar-refractivity contribution >= 4 is 21.9 Å². The quantitative estimate of drug-likeness (QED) is 0.164. The second-order valence-electron chi connectivity index (χ2n) is 13.9. The zero-order valence-corrected chi connectivity index (χ0v) is 30.8. The molecule has 0 spiro atoms. The molecule has 0 unspecified atom stereocenters. The maximum atomic E-state index is 9.56. The Balaban J connectivity index is 1.10. The van der Waals surface area contributed by atoms with Gasteiger partial charge in [0.1, 0.15) is 5.82 Å². The molecule has 0 saturated carbocycles. The molecule has 2 aromatic heterocycles. The van der Waals surface area contributed by atoms with E-state index in [0.29, 0.717) is 11.4 Å². The first kappa shape index (κ1) is 33.6. The van der Waals surface area contributed by atoms with Gasteiger partial charge in [-0.15, -0.1) is 0 Å². The number of para-hydroxylation sites is 3. The van der Waals surface area contributed by atoms with Crippen LogP contribution in [0.15, 0.2) is 200 Å². The highest BCUT2D eigenvalue weighted by atomic mass is 15.1. The SMILES string of the molecule is N#Cc1ccc(-c2cccc(-c3ccc(-n4c(-c5ccccc5)nc5ccccc54)cc3)c2-c2ccc(-c3nc(-c4ccccc4)nc4ccccc34)cc2)cc1. The largest absolute Gasteiger partial charge is 0.292 e. The second-order valence-corrected chi connectivity index (χ2v) is 13.9. The van der Waals surface area contributed by atoms with Crippen molar-refractivity contribution in [2.45, 2.75) is 0 Å². The molecule has 0 amide bonds. The van der Waals surface area contributed by atoms with Gasteiger partial charge in [-0.3, -0.25) is 4.57 Å². The number of aromatic nitrogens is 4. The fraction of sp³-hybridized carbons (Fsp3) is 0. The topological polar surface area (TPSA) is 67.4 Å². The van der Waals surface area contributed by atoms with Gasteiger partial charge in [0.05, 0.1) is 33.9 Å². The van der Waals surface area contributed by atoms with Crippen molar-refractivity contribution in [1.29, 1.82) is 5.26 Å². The van der Waals surface area contributed by atoms with Crippen LogP contribution in [-0.2, 0) is 0 Å². The molecule has 57 heavy (non-hydrogen) atoms. The van der Waals surface area contributed by atoms with Crippen LogP contribution in [0.5, 0.6) is 0 Å². The van der Waals surface area contributed by atoms with Crippen LogP contribution in [0.2, 0.25) is 0 Å². The van der Waals surface area contributed by atoms with E-state index in [2.05, 4.69) is 126 Å². The van der Waals surface area contributed by atoms with Crippen LogP contribution in [0.3, 0.4) is 0 Å². The van der Waals surface area contributed by atoms with E-state index in [1.165, 1.54) is 0 Å². The molecule has 10 aromatic rings. The Morgan fingerprint density at radius 2 is 0.965 bits per heavy atom. The van der Waals surface area contributed by atoms with E-state index in [9.17, 15) is 5.26 Å². The zero-order chi connectivity index (χ0) is 38.1. The van der Waals surface area contributed by atoms with E-state index in [0.717, 1.165) is 89.2 Å². The highest BCUT2D eigenvalue weighted by Gasteiger charge is 2.18. The summed E-state index contributed by atoms with van der Waals surface area (Å²) in [7, 11) is 0. The van der Waals surface area contributed by atoms with Gasteiger partial charge in [0.25, 0.3) is 0 Å². The molecule has 0 aliphatic rings. The normalized spacial score (nSPS) is 11.1. The van der Waals surface area contributed by atoms with Crippen molar-refractivity contribution in [1.82, 2.24) is 19.5 Å². The van der Waals surface area contributed by atoms with Gasteiger partial charge in [0, 0.05) is 27.8 Å². The molecular formula is C52H33N5. The Hall–Kier alpha value is -7.94. The van der Waals surface area contributed by atoms with E-state index in [-0.39, 0.29) is 0 Å². The lowest BCUT2D eigenvalue weighted by Crippen LogP contribution is -1.98. The molecule has 0 radical (unpaired) electrons. The summed E-state index contributed by atoms with van der Waals surface area (Å²) in [6, 6.07) is 71.0. The number of hydrogen-bond acceptors (Lipinski definition) is 4. The van der Waals surface area contributed by atoms with Crippen LogP contribution < -0.4 is 0 Å². The molecule has 2 heterocycles. The van der Waals surface area contributed by atoms with Crippen molar-refractivity contribution in [2.24, 2.45) is 0 Å². The molecule has 0 aliphatic carbocycles. The molecule has 0 atom stereocenters. The predicted molar refractivity (Wildman–Crippen MR) is 231 cm³/mol. The fourth-order valence-corrected chi connectivity index (χ4v) is 7.73. The van der Waals surface area contributed by atoms with Gasteiger partial charge >= 0.3 is 0 Å². The van der Waals surface area contributed by atoms with E-state index >= 15 is 0 Å². The lowest BCUT2D eigenvalue weighted by Gasteiger charge is -2.18. The minimum absolute atomic E-state index is 0.630. The van der Waals surface area contributed by atoms with Crippen molar-refractivity contribution < 1.29 is 0 Å². The Labute approximate surface area is 330 Å². The highest BCUT2D eigenvalue weighted by molar-refractivity contribution is 5.97. The lowest BCUT2D eigenvalue weighted by molar-refractivity contribution is 1.10. The number of nitriles is 1. The molecule has 0 N–H and O–H groups in total. The van der Waals surface area contributed by atoms with E-state index < -0.39 is 0 Å². The van der Waals surface area contributed by atoms with Gasteiger partial charge in [-0.2, -0.15) is 5.26 Å². The van der Waals surface area contributed by atoms with Gasteiger partial charge in [0.2, 0.25) is 0 Å². The fourth-order valence-electron chi connectivity index (χ4n) is 7.73. The summed E-state index contributed by atoms with van der Waals surface area (Å²) in [4.78, 5) is 15.1. The van der Waals surface area contributed by atoms with Crippen molar-refractivity contribution in [3.05, 3.63) is 206 Å². The van der Waals surface area contributed by atoms with Crippen LogP contribution in [0.25, 0.3) is 95.0 Å². The minimum atomic E-state index is 0.630. The number of nitrogens with zero attached hydrogens (tertiary/aromatic N) is 5. The summed E-state index contributed by atoms with van der Waals surface area (Å²) < 4.78 is 2.24. The third-order valence-corrected chi connectivity index (χ3v) is 10.5. The highest BCUT2D eigenvalue weighted by Crippen LogP contribution is 2.42. The third-order valence-electron chi connectivity index (χ3n) is 10.5. The van der Waals surface area contributed by atoms with Crippen LogP contribution in [-0.4, -0.2) is 19.5 Å². The zero-order valence-electron chi connectivity index (χ0n) is 30.8. The standard InChI is InChI=1S/C52H33N5/c53-34-35-22-24-36(25-23-35)43-17-11-18-44(37-30-32-42(33-31-37)57-48-21-10-9-20-47(48)55-52(57)41-14-5-2-6-15-41)49(43)38-26-28-39(29-27-38)50-45-16-7-8-19-46(45)54-51(56-50)40-12-3-1-4-13-40/h1-33H. The Morgan fingerprint density at radius 3 is 1.65 bits per heavy atom. The second kappa shape index (κ2) is 14.4. The summed E-state index contributed by atoms with van der Waals surface area (Å²) in [6.45, 7) is 0. The van der Waals surface area contributed by atoms with Gasteiger partial charge in [-0.1, -0.05) is 158 Å². The van der Waals surface area contributed by atoms with E-state index in [4.69, 9.17) is 15.0 Å². The first-order valence-corrected chi connectivity index (χ1v) is 18.9. The van der Waals surface area contributed by atoms with Gasteiger partial charge in [0.15, 0.2) is 5.82 Å². The van der Waals surface area contributed by atoms with E-state index in [1.807, 2.05) is 84.9 Å². The van der Waals surface area contributed by atoms with Crippen LogP contribution >= 0.6 is 0 Å². The molecule has 5 heteroatoms. The van der Waals surface area contributed by atoms with Crippen LogP contribution in [0.1, 0.15) is 5.56 Å². The molecule has 0 bridgehead atoms. The first-order valence-electron chi connectivity index (χ1n) is 18.9. The molecule has 5 nitrogen and oxygen atoms in total. The number of hydrogen-bond donors (Lipinski definition) is 0. The minimum Gasteiger partial charge on any atom is -0.292 e. The molecule has 10 rings (SSSR count). The molecule has 0 saturated heterocycles. The maximum absolute atomic E-state index is 9.56. The Morgan fingerprint density at radius 1 is 0.404 bits per heavy atom. The Kier molecular flexibility index (Phi) is 8.48. The monoisotopic (exact) mass is 727 g/mol. The van der Waals surface area contributed by atoms with Gasteiger partial charge < -0.3 is 0 Å².